The molecule has 1 atom stereocenters. The van der Waals surface area contributed by atoms with Gasteiger partial charge in [-0.1, -0.05) is 49.2 Å². The van der Waals surface area contributed by atoms with Crippen molar-refractivity contribution in [1.29, 1.82) is 0 Å². The number of halogens is 2. The van der Waals surface area contributed by atoms with Gasteiger partial charge in [-0.2, -0.15) is 0 Å². The molecule has 1 unspecified atom stereocenters. The van der Waals surface area contributed by atoms with E-state index in [4.69, 9.17) is 37.8 Å². The van der Waals surface area contributed by atoms with Crippen LogP contribution in [-0.4, -0.2) is 42.2 Å². The zero-order valence-electron chi connectivity index (χ0n) is 17.2. The van der Waals surface area contributed by atoms with Gasteiger partial charge in [0.15, 0.2) is 0 Å². The number of nitrogens with zero attached hydrogens (tertiary/aromatic N) is 1. The molecule has 0 saturated carbocycles. The van der Waals surface area contributed by atoms with Gasteiger partial charge in [-0.05, 0) is 41.3 Å². The summed E-state index contributed by atoms with van der Waals surface area (Å²) in [5.41, 5.74) is 2.92. The van der Waals surface area contributed by atoms with Crippen molar-refractivity contribution in [1.82, 2.24) is 4.90 Å². The zero-order chi connectivity index (χ0) is 21.7. The number of hydrogen-bond acceptors (Lipinski definition) is 4. The van der Waals surface area contributed by atoms with E-state index in [1.807, 2.05) is 36.4 Å². The largest absolute Gasteiger partial charge is 0.489 e. The summed E-state index contributed by atoms with van der Waals surface area (Å²) in [5, 5.41) is 10.1. The van der Waals surface area contributed by atoms with Crippen LogP contribution in [0.4, 0.5) is 0 Å². The van der Waals surface area contributed by atoms with Gasteiger partial charge in [0.2, 0.25) is 0 Å². The average molecular weight is 452 g/mol. The summed E-state index contributed by atoms with van der Waals surface area (Å²) in [6.07, 6.45) is 0.0667. The van der Waals surface area contributed by atoms with E-state index < -0.39 is 5.97 Å². The number of benzene rings is 2. The van der Waals surface area contributed by atoms with E-state index in [9.17, 15) is 4.79 Å². The quantitative estimate of drug-likeness (QED) is 0.570. The van der Waals surface area contributed by atoms with Crippen LogP contribution in [0.1, 0.15) is 49.0 Å². The van der Waals surface area contributed by atoms with Gasteiger partial charge in [-0.25, -0.2) is 0 Å². The van der Waals surface area contributed by atoms with Gasteiger partial charge in [0, 0.05) is 35.2 Å². The Morgan fingerprint density at radius 3 is 2.50 bits per heavy atom. The first kappa shape index (κ1) is 22.9. The normalized spacial score (nSPS) is 17.3. The van der Waals surface area contributed by atoms with Crippen molar-refractivity contribution in [3.05, 3.63) is 63.1 Å². The molecule has 7 heteroatoms. The fourth-order valence-corrected chi connectivity index (χ4v) is 4.00. The summed E-state index contributed by atoms with van der Waals surface area (Å²) >= 11 is 12.8. The van der Waals surface area contributed by atoms with Crippen LogP contribution in [-0.2, 0) is 16.1 Å². The molecule has 30 heavy (non-hydrogen) atoms. The highest BCUT2D eigenvalue weighted by Gasteiger charge is 2.22. The Bertz CT molecular complexity index is 847. The fraction of sp³-hybridized carbons (Fsp3) is 0.435. The molecule has 0 amide bonds. The topological polar surface area (TPSA) is 59.0 Å². The Balaban J connectivity index is 1.59. The number of rotatable bonds is 8. The second-order valence-corrected chi connectivity index (χ2v) is 8.59. The monoisotopic (exact) mass is 451 g/mol. The molecular weight excluding hydrogens is 425 g/mol. The number of morpholine rings is 1. The molecule has 1 aliphatic heterocycles. The van der Waals surface area contributed by atoms with E-state index in [0.29, 0.717) is 35.7 Å². The van der Waals surface area contributed by atoms with Gasteiger partial charge in [-0.15, -0.1) is 0 Å². The maximum Gasteiger partial charge on any atom is 0.304 e. The Morgan fingerprint density at radius 2 is 1.90 bits per heavy atom. The lowest BCUT2D eigenvalue weighted by molar-refractivity contribution is -0.137. The van der Waals surface area contributed by atoms with E-state index in [1.54, 1.807) is 0 Å². The maximum atomic E-state index is 10.8. The van der Waals surface area contributed by atoms with Crippen molar-refractivity contribution in [2.75, 3.05) is 26.2 Å². The number of carboxylic acids is 1. The molecular formula is C23H27Cl2NO4. The average Bonchev–Trinajstić information content (AvgIpc) is 2.72. The summed E-state index contributed by atoms with van der Waals surface area (Å²) < 4.78 is 11.8. The summed E-state index contributed by atoms with van der Waals surface area (Å²) in [6.45, 7) is 7.04. The number of hydrogen-bond donors (Lipinski definition) is 1. The van der Waals surface area contributed by atoms with Crippen molar-refractivity contribution < 1.29 is 19.4 Å². The number of carbonyl (C=O) groups is 1. The SMILES string of the molecule is CC(C)c1cc(Cl)c(COc2ccc(C3CN(CCC(=O)O)CCO3)cc2)c(Cl)c1. The first-order valence-corrected chi connectivity index (χ1v) is 10.9. The minimum absolute atomic E-state index is 0.0749. The smallest absolute Gasteiger partial charge is 0.304 e. The first-order chi connectivity index (χ1) is 14.3. The van der Waals surface area contributed by atoms with Crippen molar-refractivity contribution in [3.63, 3.8) is 0 Å². The van der Waals surface area contributed by atoms with Crippen LogP contribution in [0.3, 0.4) is 0 Å². The van der Waals surface area contributed by atoms with E-state index in [-0.39, 0.29) is 19.1 Å². The summed E-state index contributed by atoms with van der Waals surface area (Å²) in [5.74, 6) is 0.292. The summed E-state index contributed by atoms with van der Waals surface area (Å²) in [4.78, 5) is 12.9. The fourth-order valence-electron chi connectivity index (χ4n) is 3.39. The number of aliphatic carboxylic acids is 1. The van der Waals surface area contributed by atoms with E-state index in [1.165, 1.54) is 0 Å². The van der Waals surface area contributed by atoms with Gasteiger partial charge < -0.3 is 14.6 Å². The molecule has 1 fully saturated rings. The van der Waals surface area contributed by atoms with Gasteiger partial charge >= 0.3 is 5.97 Å². The van der Waals surface area contributed by atoms with Crippen molar-refractivity contribution >= 4 is 29.2 Å². The number of carboxylic acid groups (broad SMARTS) is 1. The van der Waals surface area contributed by atoms with Crippen molar-refractivity contribution in [2.45, 2.75) is 38.9 Å². The van der Waals surface area contributed by atoms with E-state index in [0.717, 1.165) is 29.0 Å². The molecule has 0 bridgehead atoms. The van der Waals surface area contributed by atoms with Gasteiger partial charge in [0.1, 0.15) is 12.4 Å². The van der Waals surface area contributed by atoms with Crippen LogP contribution in [0, 0.1) is 0 Å². The predicted octanol–water partition coefficient (Wildman–Crippen LogP) is 5.54. The van der Waals surface area contributed by atoms with Crippen LogP contribution in [0.2, 0.25) is 10.0 Å². The minimum Gasteiger partial charge on any atom is -0.489 e. The van der Waals surface area contributed by atoms with Gasteiger partial charge in [-0.3, -0.25) is 9.69 Å². The molecule has 1 N–H and O–H groups in total. The molecule has 162 valence electrons. The zero-order valence-corrected chi connectivity index (χ0v) is 18.7. The van der Waals surface area contributed by atoms with E-state index in [2.05, 4.69) is 18.7 Å². The summed E-state index contributed by atoms with van der Waals surface area (Å²) in [6, 6.07) is 11.6. The Labute approximate surface area is 187 Å². The minimum atomic E-state index is -0.779. The molecule has 1 saturated heterocycles. The maximum absolute atomic E-state index is 10.8. The summed E-state index contributed by atoms with van der Waals surface area (Å²) in [7, 11) is 0. The molecule has 2 aromatic rings. The van der Waals surface area contributed by atoms with Crippen LogP contribution in [0.15, 0.2) is 36.4 Å². The lowest BCUT2D eigenvalue weighted by Gasteiger charge is -2.32. The molecule has 5 nitrogen and oxygen atoms in total. The van der Waals surface area contributed by atoms with Crippen LogP contribution < -0.4 is 4.74 Å². The van der Waals surface area contributed by atoms with E-state index >= 15 is 0 Å². The lowest BCUT2D eigenvalue weighted by atomic mass is 10.0. The highest BCUT2D eigenvalue weighted by Crippen LogP contribution is 2.31. The Hall–Kier alpha value is -1.79. The standard InChI is InChI=1S/C23H27Cl2NO4/c1-15(2)17-11-20(24)19(21(25)12-17)14-30-18-5-3-16(4-6-18)22-13-26(9-10-29-22)8-7-23(27)28/h3-6,11-12,15,22H,7-10,13-14H2,1-2H3,(H,27,28). The second kappa shape index (κ2) is 10.5. The second-order valence-electron chi connectivity index (χ2n) is 7.78. The molecule has 0 aliphatic carbocycles. The molecule has 2 aromatic carbocycles. The Kier molecular flexibility index (Phi) is 8.00. The molecule has 0 spiro atoms. The van der Waals surface area contributed by atoms with Gasteiger partial charge in [0.25, 0.3) is 0 Å². The molecule has 1 aliphatic rings. The highest BCUT2D eigenvalue weighted by molar-refractivity contribution is 6.36. The third-order valence-electron chi connectivity index (χ3n) is 5.26. The number of ether oxygens (including phenoxy) is 2. The van der Waals surface area contributed by atoms with Crippen LogP contribution >= 0.6 is 23.2 Å². The Morgan fingerprint density at radius 1 is 1.23 bits per heavy atom. The molecule has 0 radical (unpaired) electrons. The lowest BCUT2D eigenvalue weighted by Crippen LogP contribution is -2.39. The highest BCUT2D eigenvalue weighted by atomic mass is 35.5. The third kappa shape index (κ3) is 6.11. The van der Waals surface area contributed by atoms with Crippen molar-refractivity contribution in [3.8, 4) is 5.75 Å². The predicted molar refractivity (Wildman–Crippen MR) is 119 cm³/mol. The molecule has 1 heterocycles. The van der Waals surface area contributed by atoms with Crippen LogP contribution in [0.5, 0.6) is 5.75 Å². The van der Waals surface area contributed by atoms with Crippen LogP contribution in [0.25, 0.3) is 0 Å². The molecule has 3 rings (SSSR count). The molecule has 0 aromatic heterocycles. The first-order valence-electron chi connectivity index (χ1n) is 10.1. The third-order valence-corrected chi connectivity index (χ3v) is 5.93. The van der Waals surface area contributed by atoms with Gasteiger partial charge in [0.05, 0.1) is 19.1 Å². The van der Waals surface area contributed by atoms with Crippen molar-refractivity contribution in [2.24, 2.45) is 0 Å².